The molecular weight excluding hydrogens is 374 g/mol. The van der Waals surface area contributed by atoms with Gasteiger partial charge in [-0.25, -0.2) is 0 Å². The van der Waals surface area contributed by atoms with Crippen molar-refractivity contribution in [2.24, 2.45) is 11.8 Å². The largest absolute Gasteiger partial charge is 0.494 e. The molecule has 2 fully saturated rings. The van der Waals surface area contributed by atoms with Gasteiger partial charge in [-0.3, -0.25) is 4.79 Å². The third-order valence-electron chi connectivity index (χ3n) is 6.35. The Hall–Kier alpha value is -2.33. The highest BCUT2D eigenvalue weighted by molar-refractivity contribution is 5.87. The Morgan fingerprint density at radius 2 is 1.20 bits per heavy atom. The van der Waals surface area contributed by atoms with Gasteiger partial charge in [0.1, 0.15) is 17.3 Å². The fraction of sp³-hybridized carbons (Fsp3) is 0.500. The number of piperidine rings is 1. The quantitative estimate of drug-likeness (QED) is 0.616. The van der Waals surface area contributed by atoms with E-state index < -0.39 is 0 Å². The molecule has 1 saturated heterocycles. The van der Waals surface area contributed by atoms with Crippen molar-refractivity contribution in [3.8, 4) is 11.5 Å². The molecular formula is C26H33NO3. The summed E-state index contributed by atoms with van der Waals surface area (Å²) < 4.78 is 11.5. The van der Waals surface area contributed by atoms with E-state index in [0.29, 0.717) is 5.78 Å². The molecule has 4 heteroatoms. The molecule has 1 saturated carbocycles. The minimum atomic E-state index is 0.0512. The predicted molar refractivity (Wildman–Crippen MR) is 119 cm³/mol. The third kappa shape index (κ3) is 4.39. The summed E-state index contributed by atoms with van der Waals surface area (Å²) in [4.78, 5) is 13.3. The van der Waals surface area contributed by atoms with Crippen LogP contribution in [0.2, 0.25) is 0 Å². The topological polar surface area (TPSA) is 47.6 Å². The molecule has 1 aliphatic heterocycles. The number of benzene rings is 2. The Labute approximate surface area is 180 Å². The first-order chi connectivity index (χ1) is 14.7. The second-order valence-electron chi connectivity index (χ2n) is 8.50. The molecule has 1 heterocycles. The van der Waals surface area contributed by atoms with Gasteiger partial charge in [0.25, 0.3) is 0 Å². The van der Waals surface area contributed by atoms with Gasteiger partial charge in [0, 0.05) is 23.9 Å². The van der Waals surface area contributed by atoms with Crippen molar-refractivity contribution in [3.05, 3.63) is 59.7 Å². The van der Waals surface area contributed by atoms with Crippen molar-refractivity contribution in [1.82, 2.24) is 5.32 Å². The van der Waals surface area contributed by atoms with Gasteiger partial charge in [-0.1, -0.05) is 44.5 Å². The first kappa shape index (κ1) is 20.9. The minimum Gasteiger partial charge on any atom is -0.494 e. The molecule has 2 aromatic rings. The molecule has 2 aliphatic rings. The molecule has 0 spiro atoms. The van der Waals surface area contributed by atoms with Crippen molar-refractivity contribution in [1.29, 1.82) is 0 Å². The Morgan fingerprint density at radius 1 is 0.767 bits per heavy atom. The monoisotopic (exact) mass is 407 g/mol. The molecule has 0 aromatic heterocycles. The first-order valence-corrected chi connectivity index (χ1v) is 11.5. The second kappa shape index (κ2) is 9.65. The summed E-state index contributed by atoms with van der Waals surface area (Å²) in [5.41, 5.74) is 2.34. The highest BCUT2D eigenvalue weighted by atomic mass is 16.5. The maximum absolute atomic E-state index is 13.3. The van der Waals surface area contributed by atoms with Crippen LogP contribution in [-0.2, 0) is 4.79 Å². The number of nitrogens with one attached hydrogen (secondary N) is 1. The number of carbonyl (C=O) groups is 1. The van der Waals surface area contributed by atoms with E-state index in [1.54, 1.807) is 0 Å². The van der Waals surface area contributed by atoms with Gasteiger partial charge in [0.05, 0.1) is 13.2 Å². The molecule has 160 valence electrons. The van der Waals surface area contributed by atoms with Crippen LogP contribution in [0.3, 0.4) is 0 Å². The van der Waals surface area contributed by atoms with Gasteiger partial charge in [-0.05, 0) is 61.1 Å². The Bertz CT molecular complexity index is 763. The molecule has 4 rings (SSSR count). The lowest BCUT2D eigenvalue weighted by Gasteiger charge is -2.45. The molecule has 1 aliphatic carbocycles. The standard InChI is InChI=1S/C26H33NO3/c1-3-16-29-20-12-8-18(9-13-20)24-22-6-5-7-23(26(22)28)25(27-24)19-10-14-21(15-11-19)30-17-4-2/h8-15,22-25,27H,3-7,16-17H2,1-2H3/t22-,23+,24+,25-. The summed E-state index contributed by atoms with van der Waals surface area (Å²) in [5, 5.41) is 3.84. The van der Waals surface area contributed by atoms with Gasteiger partial charge in [-0.15, -0.1) is 0 Å². The molecule has 2 bridgehead atoms. The number of hydrogen-bond donors (Lipinski definition) is 1. The summed E-state index contributed by atoms with van der Waals surface area (Å²) in [6.45, 7) is 5.66. The number of rotatable bonds is 8. The average Bonchev–Trinajstić information content (AvgIpc) is 2.77. The van der Waals surface area contributed by atoms with Crippen LogP contribution in [0.1, 0.15) is 69.2 Å². The van der Waals surface area contributed by atoms with Gasteiger partial charge in [0.15, 0.2) is 0 Å². The van der Waals surface area contributed by atoms with Gasteiger partial charge >= 0.3 is 0 Å². The third-order valence-corrected chi connectivity index (χ3v) is 6.35. The smallest absolute Gasteiger partial charge is 0.142 e. The molecule has 0 unspecified atom stereocenters. The first-order valence-electron chi connectivity index (χ1n) is 11.5. The lowest BCUT2D eigenvalue weighted by molar-refractivity contribution is -0.135. The van der Waals surface area contributed by atoms with Crippen LogP contribution in [0.25, 0.3) is 0 Å². The van der Waals surface area contributed by atoms with Crippen molar-refractivity contribution >= 4 is 5.78 Å². The van der Waals surface area contributed by atoms with Crippen LogP contribution in [0.5, 0.6) is 11.5 Å². The van der Waals surface area contributed by atoms with E-state index in [0.717, 1.165) is 56.8 Å². The molecule has 30 heavy (non-hydrogen) atoms. The number of ketones is 1. The van der Waals surface area contributed by atoms with Gasteiger partial charge < -0.3 is 14.8 Å². The van der Waals surface area contributed by atoms with Crippen LogP contribution < -0.4 is 14.8 Å². The predicted octanol–water partition coefficient (Wildman–Crippen LogP) is 5.64. The molecule has 1 N–H and O–H groups in total. The lowest BCUT2D eigenvalue weighted by atomic mass is 9.67. The normalized spacial score (nSPS) is 25.7. The maximum Gasteiger partial charge on any atom is 0.142 e. The van der Waals surface area contributed by atoms with Crippen LogP contribution in [0, 0.1) is 11.8 Å². The fourth-order valence-corrected chi connectivity index (χ4v) is 4.84. The van der Waals surface area contributed by atoms with Crippen LogP contribution in [0.4, 0.5) is 0 Å². The van der Waals surface area contributed by atoms with Crippen molar-refractivity contribution in [2.45, 2.75) is 58.0 Å². The fourth-order valence-electron chi connectivity index (χ4n) is 4.84. The Balaban J connectivity index is 1.56. The molecule has 0 amide bonds. The number of hydrogen-bond acceptors (Lipinski definition) is 4. The lowest BCUT2D eigenvalue weighted by Crippen LogP contribution is -2.50. The Kier molecular flexibility index (Phi) is 6.73. The van der Waals surface area contributed by atoms with E-state index in [2.05, 4.69) is 43.4 Å². The molecule has 4 nitrogen and oxygen atoms in total. The highest BCUT2D eigenvalue weighted by Crippen LogP contribution is 2.46. The van der Waals surface area contributed by atoms with Crippen LogP contribution in [-0.4, -0.2) is 19.0 Å². The van der Waals surface area contributed by atoms with E-state index in [9.17, 15) is 4.79 Å². The number of fused-ring (bicyclic) bond motifs is 2. The summed E-state index contributed by atoms with van der Waals surface area (Å²) in [7, 11) is 0. The molecule has 0 radical (unpaired) electrons. The number of Topliss-reactive ketones (excluding diaryl/α,β-unsaturated/α-hetero) is 1. The zero-order valence-electron chi connectivity index (χ0n) is 18.1. The van der Waals surface area contributed by atoms with Crippen LogP contribution >= 0.6 is 0 Å². The Morgan fingerprint density at radius 3 is 1.60 bits per heavy atom. The summed E-state index contributed by atoms with van der Waals surface area (Å²) in [6, 6.07) is 16.7. The van der Waals surface area contributed by atoms with Crippen LogP contribution in [0.15, 0.2) is 48.5 Å². The van der Waals surface area contributed by atoms with Gasteiger partial charge in [-0.2, -0.15) is 0 Å². The zero-order valence-corrected chi connectivity index (χ0v) is 18.1. The van der Waals surface area contributed by atoms with E-state index in [1.807, 2.05) is 24.3 Å². The second-order valence-corrected chi connectivity index (χ2v) is 8.50. The SMILES string of the molecule is CCCOc1ccc([C@H]2N[C@@H](c3ccc(OCCC)cc3)[C@H]3CCC[C@@H]2C3=O)cc1. The average molecular weight is 408 g/mol. The van der Waals surface area contributed by atoms with E-state index in [4.69, 9.17) is 9.47 Å². The summed E-state index contributed by atoms with van der Waals surface area (Å²) in [5.74, 6) is 2.34. The van der Waals surface area contributed by atoms with E-state index in [1.165, 1.54) is 11.1 Å². The maximum atomic E-state index is 13.3. The molecule has 2 aromatic carbocycles. The zero-order chi connectivity index (χ0) is 20.9. The minimum absolute atomic E-state index is 0.0512. The number of carbonyl (C=O) groups excluding carboxylic acids is 1. The number of ether oxygens (including phenoxy) is 2. The highest BCUT2D eigenvalue weighted by Gasteiger charge is 2.46. The van der Waals surface area contributed by atoms with Crippen molar-refractivity contribution in [3.63, 3.8) is 0 Å². The van der Waals surface area contributed by atoms with Crippen molar-refractivity contribution < 1.29 is 14.3 Å². The van der Waals surface area contributed by atoms with Crippen molar-refractivity contribution in [2.75, 3.05) is 13.2 Å². The summed E-state index contributed by atoms with van der Waals surface area (Å²) in [6.07, 6.45) is 5.04. The van der Waals surface area contributed by atoms with Gasteiger partial charge in [0.2, 0.25) is 0 Å². The summed E-state index contributed by atoms with van der Waals surface area (Å²) >= 11 is 0. The van der Waals surface area contributed by atoms with E-state index >= 15 is 0 Å². The van der Waals surface area contributed by atoms with E-state index in [-0.39, 0.29) is 23.9 Å². The molecule has 4 atom stereocenters.